The molecule has 3 aromatic rings. The summed E-state index contributed by atoms with van der Waals surface area (Å²) in [4.78, 5) is 3.47. The van der Waals surface area contributed by atoms with Crippen LogP contribution in [0.3, 0.4) is 0 Å². The molecule has 0 aliphatic rings. The minimum absolute atomic E-state index is 0.225. The molecule has 5 nitrogen and oxygen atoms in total. The Bertz CT molecular complexity index is 973. The third-order valence-corrected chi connectivity index (χ3v) is 5.81. The van der Waals surface area contributed by atoms with Gasteiger partial charge in [-0.25, -0.2) is 13.1 Å². The molecule has 0 atom stereocenters. The number of nitrogens with one attached hydrogen (secondary N) is 2. The van der Waals surface area contributed by atoms with Crippen molar-refractivity contribution in [3.8, 4) is 5.75 Å². The maximum Gasteiger partial charge on any atom is 0.240 e. The number of ether oxygens (including phenoxy) is 1. The van der Waals surface area contributed by atoms with E-state index in [1.54, 1.807) is 31.4 Å². The Hall–Kier alpha value is -2.31. The molecule has 2 N–H and O–H groups in total. The number of fused-ring (bicyclic) bond motifs is 1. The van der Waals surface area contributed by atoms with Gasteiger partial charge >= 0.3 is 0 Å². The third kappa shape index (κ3) is 3.55. The standard InChI is InChI=1S/C19H22N2O3S/c1-19(2,17-12-20-18-7-5-4-6-16(17)18)13-21-25(22,23)15-10-8-14(24-3)9-11-15/h4-12,20-21H,13H2,1-3H3. The molecule has 6 heteroatoms. The zero-order chi connectivity index (χ0) is 18.1. The van der Waals surface area contributed by atoms with Crippen LogP contribution in [0.1, 0.15) is 19.4 Å². The number of methoxy groups -OCH3 is 1. The third-order valence-electron chi connectivity index (χ3n) is 4.39. The molecule has 0 spiro atoms. The smallest absolute Gasteiger partial charge is 0.240 e. The van der Waals surface area contributed by atoms with E-state index >= 15 is 0 Å². The van der Waals surface area contributed by atoms with E-state index in [1.807, 2.05) is 44.3 Å². The van der Waals surface area contributed by atoms with E-state index < -0.39 is 10.0 Å². The van der Waals surface area contributed by atoms with Crippen LogP contribution in [0, 0.1) is 0 Å². The first kappa shape index (κ1) is 17.5. The Kier molecular flexibility index (Phi) is 4.58. The molecule has 25 heavy (non-hydrogen) atoms. The molecule has 0 aliphatic heterocycles. The maximum atomic E-state index is 12.6. The van der Waals surface area contributed by atoms with Crippen LogP contribution in [-0.2, 0) is 15.4 Å². The van der Waals surface area contributed by atoms with Gasteiger partial charge in [0.2, 0.25) is 10.0 Å². The number of hydrogen-bond acceptors (Lipinski definition) is 3. The Morgan fingerprint density at radius 1 is 1.08 bits per heavy atom. The summed E-state index contributed by atoms with van der Waals surface area (Å²) in [6, 6.07) is 14.4. The maximum absolute atomic E-state index is 12.6. The lowest BCUT2D eigenvalue weighted by Crippen LogP contribution is -2.36. The first-order valence-electron chi connectivity index (χ1n) is 8.04. The highest BCUT2D eigenvalue weighted by molar-refractivity contribution is 7.89. The number of aromatic nitrogens is 1. The summed E-state index contributed by atoms with van der Waals surface area (Å²) in [6.45, 7) is 4.35. The topological polar surface area (TPSA) is 71.2 Å². The summed E-state index contributed by atoms with van der Waals surface area (Å²) in [5.41, 5.74) is 1.77. The van der Waals surface area contributed by atoms with Gasteiger partial charge in [0.15, 0.2) is 0 Å². The molecule has 0 aliphatic carbocycles. The molecule has 0 fully saturated rings. The van der Waals surface area contributed by atoms with Crippen molar-refractivity contribution < 1.29 is 13.2 Å². The molecule has 132 valence electrons. The number of sulfonamides is 1. The summed E-state index contributed by atoms with van der Waals surface area (Å²) >= 11 is 0. The lowest BCUT2D eigenvalue weighted by Gasteiger charge is -2.25. The highest BCUT2D eigenvalue weighted by Crippen LogP contribution is 2.30. The normalized spacial score (nSPS) is 12.4. The summed E-state index contributed by atoms with van der Waals surface area (Å²) < 4.78 is 32.9. The Labute approximate surface area is 148 Å². The van der Waals surface area contributed by atoms with Gasteiger partial charge in [-0.2, -0.15) is 0 Å². The second kappa shape index (κ2) is 6.54. The van der Waals surface area contributed by atoms with Crippen molar-refractivity contribution in [2.24, 2.45) is 0 Å². The van der Waals surface area contributed by atoms with E-state index in [1.165, 1.54) is 0 Å². The van der Waals surface area contributed by atoms with Crippen molar-refractivity contribution in [3.63, 3.8) is 0 Å². The summed E-state index contributed by atoms with van der Waals surface area (Å²) in [5, 5.41) is 1.11. The fourth-order valence-corrected chi connectivity index (χ4v) is 4.05. The molecule has 0 saturated carbocycles. The zero-order valence-corrected chi connectivity index (χ0v) is 15.4. The van der Waals surface area contributed by atoms with Crippen LogP contribution in [0.5, 0.6) is 5.75 Å². The fraction of sp³-hybridized carbons (Fsp3) is 0.263. The monoisotopic (exact) mass is 358 g/mol. The predicted molar refractivity (Wildman–Crippen MR) is 99.5 cm³/mol. The molecule has 1 heterocycles. The van der Waals surface area contributed by atoms with Gasteiger partial charge in [0.1, 0.15) is 5.75 Å². The first-order chi connectivity index (χ1) is 11.8. The summed E-state index contributed by atoms with van der Waals surface area (Å²) in [7, 11) is -2.03. The number of hydrogen-bond donors (Lipinski definition) is 2. The first-order valence-corrected chi connectivity index (χ1v) is 9.52. The van der Waals surface area contributed by atoms with Crippen molar-refractivity contribution in [1.82, 2.24) is 9.71 Å². The highest BCUT2D eigenvalue weighted by Gasteiger charge is 2.26. The molecule has 3 rings (SSSR count). The minimum atomic E-state index is -3.58. The van der Waals surface area contributed by atoms with Crippen LogP contribution in [0.25, 0.3) is 10.9 Å². The van der Waals surface area contributed by atoms with Crippen molar-refractivity contribution in [2.45, 2.75) is 24.2 Å². The number of benzene rings is 2. The number of rotatable bonds is 6. The van der Waals surface area contributed by atoms with Crippen LogP contribution in [-0.4, -0.2) is 27.1 Å². The quantitative estimate of drug-likeness (QED) is 0.709. The van der Waals surface area contributed by atoms with E-state index in [-0.39, 0.29) is 10.3 Å². The lowest BCUT2D eigenvalue weighted by atomic mass is 9.85. The van der Waals surface area contributed by atoms with E-state index in [9.17, 15) is 8.42 Å². The van der Waals surface area contributed by atoms with Gasteiger partial charge in [0.25, 0.3) is 0 Å². The molecule has 0 amide bonds. The summed E-state index contributed by atoms with van der Waals surface area (Å²) in [6.07, 6.45) is 1.95. The van der Waals surface area contributed by atoms with Gasteiger partial charge in [0, 0.05) is 29.1 Å². The SMILES string of the molecule is COc1ccc(S(=O)(=O)NCC(C)(C)c2c[nH]c3ccccc23)cc1. The van der Waals surface area contributed by atoms with E-state index in [0.29, 0.717) is 12.3 Å². The number of aromatic amines is 1. The van der Waals surface area contributed by atoms with Crippen LogP contribution in [0.2, 0.25) is 0 Å². The van der Waals surface area contributed by atoms with Crippen molar-refractivity contribution >= 4 is 20.9 Å². The Morgan fingerprint density at radius 2 is 1.76 bits per heavy atom. The Balaban J connectivity index is 1.81. The van der Waals surface area contributed by atoms with Crippen LogP contribution >= 0.6 is 0 Å². The van der Waals surface area contributed by atoms with Crippen LogP contribution in [0.4, 0.5) is 0 Å². The van der Waals surface area contributed by atoms with Gasteiger partial charge in [0.05, 0.1) is 12.0 Å². The highest BCUT2D eigenvalue weighted by atomic mass is 32.2. The van der Waals surface area contributed by atoms with Crippen molar-refractivity contribution in [1.29, 1.82) is 0 Å². The van der Waals surface area contributed by atoms with Gasteiger partial charge in [-0.15, -0.1) is 0 Å². The fourth-order valence-electron chi connectivity index (χ4n) is 2.84. The molecule has 1 aromatic heterocycles. The zero-order valence-electron chi connectivity index (χ0n) is 14.5. The Morgan fingerprint density at radius 3 is 2.44 bits per heavy atom. The van der Waals surface area contributed by atoms with E-state index in [2.05, 4.69) is 9.71 Å². The predicted octanol–water partition coefficient (Wildman–Crippen LogP) is 3.43. The molecule has 2 aromatic carbocycles. The van der Waals surface area contributed by atoms with Crippen LogP contribution in [0.15, 0.2) is 59.6 Å². The van der Waals surface area contributed by atoms with Crippen LogP contribution < -0.4 is 9.46 Å². The lowest BCUT2D eigenvalue weighted by molar-refractivity contribution is 0.414. The van der Waals surface area contributed by atoms with Gasteiger partial charge in [-0.05, 0) is 35.9 Å². The number of H-pyrrole nitrogens is 1. The van der Waals surface area contributed by atoms with Crippen molar-refractivity contribution in [2.75, 3.05) is 13.7 Å². The van der Waals surface area contributed by atoms with Gasteiger partial charge < -0.3 is 9.72 Å². The minimum Gasteiger partial charge on any atom is -0.497 e. The average Bonchev–Trinajstić information content (AvgIpc) is 3.05. The second-order valence-corrected chi connectivity index (χ2v) is 8.40. The largest absolute Gasteiger partial charge is 0.497 e. The van der Waals surface area contributed by atoms with Gasteiger partial charge in [-0.1, -0.05) is 32.0 Å². The molecule has 0 unspecified atom stereocenters. The molecule has 0 bridgehead atoms. The van der Waals surface area contributed by atoms with E-state index in [4.69, 9.17) is 4.74 Å². The summed E-state index contributed by atoms with van der Waals surface area (Å²) in [5.74, 6) is 0.623. The average molecular weight is 358 g/mol. The molecular weight excluding hydrogens is 336 g/mol. The molecular formula is C19H22N2O3S. The van der Waals surface area contributed by atoms with Crippen molar-refractivity contribution in [3.05, 3.63) is 60.3 Å². The molecule has 0 saturated heterocycles. The van der Waals surface area contributed by atoms with E-state index in [0.717, 1.165) is 16.5 Å². The second-order valence-electron chi connectivity index (χ2n) is 6.63. The van der Waals surface area contributed by atoms with Gasteiger partial charge in [-0.3, -0.25) is 0 Å². The number of para-hydroxylation sites is 1. The molecule has 0 radical (unpaired) electrons.